The van der Waals surface area contributed by atoms with Crippen molar-refractivity contribution in [3.05, 3.63) is 64.2 Å². The molecule has 184 valence electrons. The first kappa shape index (κ1) is 26.0. The zero-order valence-corrected chi connectivity index (χ0v) is 20.3. The van der Waals surface area contributed by atoms with Crippen LogP contribution >= 0.6 is 11.6 Å². The molecule has 0 spiro atoms. The molecule has 1 saturated heterocycles. The predicted molar refractivity (Wildman–Crippen MR) is 129 cm³/mol. The minimum absolute atomic E-state index is 0.0195. The van der Waals surface area contributed by atoms with Crippen LogP contribution in [0.15, 0.2) is 42.5 Å². The molecule has 0 radical (unpaired) electrons. The van der Waals surface area contributed by atoms with E-state index in [4.69, 9.17) is 26.2 Å². The molecule has 0 aliphatic carbocycles. The molecule has 1 aliphatic rings. The number of aliphatic hydroxyl groups excluding tert-OH is 1. The van der Waals surface area contributed by atoms with E-state index in [9.17, 15) is 14.7 Å². The van der Waals surface area contributed by atoms with Gasteiger partial charge in [-0.05, 0) is 48.7 Å². The molecule has 34 heavy (non-hydrogen) atoms. The largest absolute Gasteiger partial charge is 0.482 e. The second kappa shape index (κ2) is 11.7. The van der Waals surface area contributed by atoms with Crippen molar-refractivity contribution in [3.8, 4) is 5.75 Å². The highest BCUT2D eigenvalue weighted by Gasteiger charge is 2.41. The first-order valence-corrected chi connectivity index (χ1v) is 11.9. The lowest BCUT2D eigenvalue weighted by atomic mass is 9.80. The monoisotopic (exact) mass is 489 g/mol. The zero-order valence-electron chi connectivity index (χ0n) is 19.6. The van der Waals surface area contributed by atoms with E-state index >= 15 is 0 Å². The van der Waals surface area contributed by atoms with Crippen molar-refractivity contribution < 1.29 is 29.3 Å². The fourth-order valence-corrected chi connectivity index (χ4v) is 4.55. The molecule has 3 rings (SSSR count). The number of halogens is 1. The summed E-state index contributed by atoms with van der Waals surface area (Å²) in [6.07, 6.45) is 2.06. The SMILES string of the molecule is CCCc1ccc(OCC(=O)O)c([C@H]2C[C@@](C)(NC(=O)CCO)C[C@@H](c3ccc(Cl)cc3)O2)c1. The van der Waals surface area contributed by atoms with Crippen molar-refractivity contribution in [1.82, 2.24) is 5.32 Å². The molecule has 1 aliphatic heterocycles. The standard InChI is InChI=1S/C26H32ClNO6/c1-3-4-17-5-10-21(33-16-25(31)32)20(13-17)23-15-26(2,28-24(30)11-12-29)14-22(34-23)18-6-8-19(27)9-7-18/h5-10,13,22-23,29H,3-4,11-12,14-16H2,1-2H3,(H,28,30)(H,31,32)/t22-,23+,26-/m0/s1. The molecule has 0 bridgehead atoms. The molecular weight excluding hydrogens is 458 g/mol. The third-order valence-corrected chi connectivity index (χ3v) is 6.19. The number of rotatable bonds is 10. The molecule has 1 heterocycles. The normalized spacial score (nSPS) is 22.2. The van der Waals surface area contributed by atoms with E-state index in [2.05, 4.69) is 12.2 Å². The van der Waals surface area contributed by atoms with Gasteiger partial charge in [0, 0.05) is 35.4 Å². The average molecular weight is 490 g/mol. The van der Waals surface area contributed by atoms with Gasteiger partial charge in [0.25, 0.3) is 0 Å². The molecular formula is C26H32ClNO6. The number of carbonyl (C=O) groups is 2. The van der Waals surface area contributed by atoms with Crippen LogP contribution in [0.3, 0.4) is 0 Å². The summed E-state index contributed by atoms with van der Waals surface area (Å²) in [5, 5.41) is 22.0. The molecule has 2 aromatic rings. The Bertz CT molecular complexity index is 995. The summed E-state index contributed by atoms with van der Waals surface area (Å²) < 4.78 is 12.2. The molecule has 3 N–H and O–H groups in total. The van der Waals surface area contributed by atoms with Gasteiger partial charge in [-0.25, -0.2) is 4.79 Å². The number of carboxylic acids is 1. The average Bonchev–Trinajstić information content (AvgIpc) is 2.78. The third kappa shape index (κ3) is 6.95. The fourth-order valence-electron chi connectivity index (χ4n) is 4.42. The van der Waals surface area contributed by atoms with Crippen LogP contribution < -0.4 is 10.1 Å². The van der Waals surface area contributed by atoms with Gasteiger partial charge < -0.3 is 25.0 Å². The smallest absolute Gasteiger partial charge is 0.341 e. The Morgan fingerprint density at radius 1 is 1.18 bits per heavy atom. The van der Waals surface area contributed by atoms with E-state index in [1.165, 1.54) is 0 Å². The maximum Gasteiger partial charge on any atom is 0.341 e. The van der Waals surface area contributed by atoms with Crippen molar-refractivity contribution in [2.24, 2.45) is 0 Å². The summed E-state index contributed by atoms with van der Waals surface area (Å²) in [6, 6.07) is 13.1. The van der Waals surface area contributed by atoms with E-state index in [0.29, 0.717) is 23.6 Å². The van der Waals surface area contributed by atoms with Gasteiger partial charge in [-0.2, -0.15) is 0 Å². The minimum Gasteiger partial charge on any atom is -0.482 e. The van der Waals surface area contributed by atoms with Crippen molar-refractivity contribution in [1.29, 1.82) is 0 Å². The van der Waals surface area contributed by atoms with Gasteiger partial charge in [-0.1, -0.05) is 43.1 Å². The highest BCUT2D eigenvalue weighted by molar-refractivity contribution is 6.30. The fraction of sp³-hybridized carbons (Fsp3) is 0.462. The van der Waals surface area contributed by atoms with Crippen molar-refractivity contribution in [3.63, 3.8) is 0 Å². The number of aryl methyl sites for hydroxylation is 1. The van der Waals surface area contributed by atoms with Crippen molar-refractivity contribution in [2.75, 3.05) is 13.2 Å². The Kier molecular flexibility index (Phi) is 8.94. The number of carboxylic acid groups (broad SMARTS) is 1. The van der Waals surface area contributed by atoms with Crippen LogP contribution in [-0.2, 0) is 20.7 Å². The van der Waals surface area contributed by atoms with Gasteiger partial charge in [0.05, 0.1) is 18.8 Å². The lowest BCUT2D eigenvalue weighted by Gasteiger charge is -2.43. The number of carbonyl (C=O) groups excluding carboxylic acids is 1. The van der Waals surface area contributed by atoms with E-state index in [1.807, 2.05) is 31.2 Å². The number of benzene rings is 2. The lowest BCUT2D eigenvalue weighted by Crippen LogP contribution is -2.51. The Hall–Kier alpha value is -2.61. The first-order valence-electron chi connectivity index (χ1n) is 11.5. The predicted octanol–water partition coefficient (Wildman–Crippen LogP) is 4.61. The summed E-state index contributed by atoms with van der Waals surface area (Å²) in [4.78, 5) is 23.6. The summed E-state index contributed by atoms with van der Waals surface area (Å²) in [7, 11) is 0. The van der Waals surface area contributed by atoms with Gasteiger partial charge in [0.1, 0.15) is 5.75 Å². The molecule has 3 atom stereocenters. The van der Waals surface area contributed by atoms with Gasteiger partial charge in [0.2, 0.25) is 5.91 Å². The van der Waals surface area contributed by atoms with Crippen LogP contribution in [-0.4, -0.2) is 40.8 Å². The number of hydrogen-bond acceptors (Lipinski definition) is 5. The number of aliphatic hydroxyl groups is 1. The molecule has 1 amide bonds. The Balaban J connectivity index is 2.00. The second-order valence-corrected chi connectivity index (χ2v) is 9.40. The van der Waals surface area contributed by atoms with Gasteiger partial charge in [-0.15, -0.1) is 0 Å². The van der Waals surface area contributed by atoms with Crippen molar-refractivity contribution >= 4 is 23.5 Å². The summed E-state index contributed by atoms with van der Waals surface area (Å²) >= 11 is 6.08. The van der Waals surface area contributed by atoms with Crippen molar-refractivity contribution in [2.45, 2.75) is 63.7 Å². The van der Waals surface area contributed by atoms with Crippen LogP contribution in [0.2, 0.25) is 5.02 Å². The van der Waals surface area contributed by atoms with Crippen LogP contribution in [0.25, 0.3) is 0 Å². The third-order valence-electron chi connectivity index (χ3n) is 5.93. The number of hydrogen-bond donors (Lipinski definition) is 3. The minimum atomic E-state index is -1.06. The molecule has 2 aromatic carbocycles. The van der Waals surface area contributed by atoms with E-state index in [1.54, 1.807) is 18.2 Å². The zero-order chi connectivity index (χ0) is 24.7. The van der Waals surface area contributed by atoms with Crippen LogP contribution in [0.5, 0.6) is 5.75 Å². The molecule has 0 aromatic heterocycles. The molecule has 0 unspecified atom stereocenters. The van der Waals surface area contributed by atoms with Crippen LogP contribution in [0.4, 0.5) is 0 Å². The maximum absolute atomic E-state index is 12.4. The lowest BCUT2D eigenvalue weighted by molar-refractivity contribution is -0.139. The summed E-state index contributed by atoms with van der Waals surface area (Å²) in [5.74, 6) is -0.844. The quantitative estimate of drug-likeness (QED) is 0.450. The number of nitrogens with one attached hydrogen (secondary N) is 1. The topological polar surface area (TPSA) is 105 Å². The van der Waals surface area contributed by atoms with E-state index < -0.39 is 24.2 Å². The maximum atomic E-state index is 12.4. The summed E-state index contributed by atoms with van der Waals surface area (Å²) in [6.45, 7) is 3.37. The second-order valence-electron chi connectivity index (χ2n) is 8.96. The first-order chi connectivity index (χ1) is 16.2. The van der Waals surface area contributed by atoms with Gasteiger partial charge in [0.15, 0.2) is 6.61 Å². The highest BCUT2D eigenvalue weighted by Crippen LogP contribution is 2.46. The molecule has 7 nitrogen and oxygen atoms in total. The van der Waals surface area contributed by atoms with Crippen LogP contribution in [0.1, 0.15) is 68.4 Å². The number of ether oxygens (including phenoxy) is 2. The highest BCUT2D eigenvalue weighted by atomic mass is 35.5. The van der Waals surface area contributed by atoms with Gasteiger partial charge >= 0.3 is 5.97 Å². The van der Waals surface area contributed by atoms with Crippen LogP contribution in [0, 0.1) is 0 Å². The van der Waals surface area contributed by atoms with E-state index in [0.717, 1.165) is 29.5 Å². The molecule has 1 fully saturated rings. The molecule has 0 saturated carbocycles. The number of amides is 1. The Morgan fingerprint density at radius 2 is 1.88 bits per heavy atom. The van der Waals surface area contributed by atoms with E-state index in [-0.39, 0.29) is 25.0 Å². The van der Waals surface area contributed by atoms with Gasteiger partial charge in [-0.3, -0.25) is 4.79 Å². The Labute approximate surface area is 205 Å². The molecule has 8 heteroatoms. The Morgan fingerprint density at radius 3 is 2.53 bits per heavy atom. The number of aliphatic carboxylic acids is 1. The summed E-state index contributed by atoms with van der Waals surface area (Å²) in [5.41, 5.74) is 2.16.